The van der Waals surface area contributed by atoms with Crippen LogP contribution in [0.2, 0.25) is 0 Å². The molecule has 0 spiro atoms. The molecule has 1 aromatic rings. The number of aryl methyl sites for hydroxylation is 2. The van der Waals surface area contributed by atoms with E-state index in [1.54, 1.807) is 0 Å². The first-order valence-corrected chi connectivity index (χ1v) is 15.3. The number of nitrogens with zero attached hydrogens (tertiary/aromatic N) is 1. The molecule has 1 heterocycles. The van der Waals surface area contributed by atoms with Gasteiger partial charge in [-0.05, 0) is 25.3 Å². The Bertz CT molecular complexity index is 509. The molecule has 0 fully saturated rings. The van der Waals surface area contributed by atoms with E-state index >= 15 is 0 Å². The molecule has 0 aliphatic rings. The fourth-order valence-electron chi connectivity index (χ4n) is 4.99. The largest absolute Gasteiger partial charge is 0.205 e. The summed E-state index contributed by atoms with van der Waals surface area (Å²) < 4.78 is 2.43. The Balaban J connectivity index is 1.93. The molecule has 0 N–H and O–H groups in total. The van der Waals surface area contributed by atoms with E-state index in [0.717, 1.165) is 0 Å². The first-order valence-electron chi connectivity index (χ1n) is 15.3. The lowest BCUT2D eigenvalue weighted by atomic mass is 10.0. The van der Waals surface area contributed by atoms with Crippen LogP contribution < -0.4 is 4.57 Å². The van der Waals surface area contributed by atoms with Crippen molar-refractivity contribution in [2.45, 2.75) is 174 Å². The standard InChI is InChI=1S/C32H60N/c1-3-5-7-9-11-13-15-17-19-21-23-25-29-33-30-26-28-32(31-33)27-24-22-20-18-16-14-12-10-8-6-4-2/h26,28,30-31H,3-25,27,29H2,1-2H3/q+1. The van der Waals surface area contributed by atoms with E-state index in [4.69, 9.17) is 0 Å². The van der Waals surface area contributed by atoms with E-state index in [1.165, 1.54) is 166 Å². The second kappa shape index (κ2) is 24.3. The summed E-state index contributed by atoms with van der Waals surface area (Å²) in [6.07, 6.45) is 38.8. The van der Waals surface area contributed by atoms with Crippen molar-refractivity contribution in [1.29, 1.82) is 0 Å². The van der Waals surface area contributed by atoms with Gasteiger partial charge in [0.15, 0.2) is 12.4 Å². The lowest BCUT2D eigenvalue weighted by molar-refractivity contribution is -0.697. The number of hydrogen-bond acceptors (Lipinski definition) is 0. The molecule has 0 unspecified atom stereocenters. The van der Waals surface area contributed by atoms with Crippen LogP contribution in [0.5, 0.6) is 0 Å². The summed E-state index contributed by atoms with van der Waals surface area (Å²) in [5.74, 6) is 0. The van der Waals surface area contributed by atoms with Crippen molar-refractivity contribution >= 4 is 0 Å². The van der Waals surface area contributed by atoms with Crippen molar-refractivity contribution in [2.75, 3.05) is 0 Å². The lowest BCUT2D eigenvalue weighted by Crippen LogP contribution is -2.33. The van der Waals surface area contributed by atoms with Gasteiger partial charge in [-0.3, -0.25) is 0 Å². The van der Waals surface area contributed by atoms with Crippen LogP contribution in [0.15, 0.2) is 24.5 Å². The third-order valence-electron chi connectivity index (χ3n) is 7.26. The quantitative estimate of drug-likeness (QED) is 0.101. The second-order valence-corrected chi connectivity index (χ2v) is 10.6. The van der Waals surface area contributed by atoms with Gasteiger partial charge in [-0.2, -0.15) is 0 Å². The predicted octanol–water partition coefficient (Wildman–Crippen LogP) is 10.5. The van der Waals surface area contributed by atoms with Gasteiger partial charge in [0.25, 0.3) is 0 Å². The van der Waals surface area contributed by atoms with Crippen LogP contribution in [0.25, 0.3) is 0 Å². The van der Waals surface area contributed by atoms with Crippen LogP contribution >= 0.6 is 0 Å². The maximum Gasteiger partial charge on any atom is 0.171 e. The van der Waals surface area contributed by atoms with Crippen molar-refractivity contribution in [3.05, 3.63) is 30.1 Å². The number of aromatic nitrogens is 1. The zero-order chi connectivity index (χ0) is 23.7. The van der Waals surface area contributed by atoms with Crippen molar-refractivity contribution in [3.8, 4) is 0 Å². The number of unbranched alkanes of at least 4 members (excludes halogenated alkanes) is 21. The van der Waals surface area contributed by atoms with Gasteiger partial charge in [-0.1, -0.05) is 142 Å². The van der Waals surface area contributed by atoms with E-state index < -0.39 is 0 Å². The van der Waals surface area contributed by atoms with Gasteiger partial charge in [-0.25, -0.2) is 4.57 Å². The SMILES string of the molecule is CCCCCCCCCCCCCC[n+]1cccc(CCCCCCCCCCCCC)c1. The number of pyridine rings is 1. The molecule has 0 bridgehead atoms. The molecule has 1 nitrogen and oxygen atoms in total. The Morgan fingerprint density at radius 1 is 0.485 bits per heavy atom. The average Bonchev–Trinajstić information content (AvgIpc) is 2.83. The minimum absolute atomic E-state index is 1.20. The van der Waals surface area contributed by atoms with Crippen LogP contribution in [0, 0.1) is 0 Å². The summed E-state index contributed by atoms with van der Waals surface area (Å²) in [6, 6.07) is 4.59. The number of rotatable bonds is 25. The van der Waals surface area contributed by atoms with Crippen LogP contribution in [0.4, 0.5) is 0 Å². The van der Waals surface area contributed by atoms with Gasteiger partial charge in [0.1, 0.15) is 6.54 Å². The lowest BCUT2D eigenvalue weighted by Gasteiger charge is -2.04. The monoisotopic (exact) mass is 458 g/mol. The summed E-state index contributed by atoms with van der Waals surface area (Å²) in [4.78, 5) is 0. The first kappa shape index (κ1) is 30.2. The molecule has 33 heavy (non-hydrogen) atoms. The molecule has 1 rings (SSSR count). The number of hydrogen-bond donors (Lipinski definition) is 0. The Kier molecular flexibility index (Phi) is 22.2. The third kappa shape index (κ3) is 20.3. The molecule has 0 aliphatic carbocycles. The van der Waals surface area contributed by atoms with Crippen molar-refractivity contribution in [1.82, 2.24) is 0 Å². The maximum atomic E-state index is 2.43. The van der Waals surface area contributed by atoms with E-state index in [0.29, 0.717) is 0 Å². The van der Waals surface area contributed by atoms with Gasteiger partial charge in [-0.15, -0.1) is 0 Å². The molecule has 0 atom stereocenters. The zero-order valence-electron chi connectivity index (χ0n) is 22.9. The third-order valence-corrected chi connectivity index (χ3v) is 7.26. The zero-order valence-corrected chi connectivity index (χ0v) is 22.9. The van der Waals surface area contributed by atoms with Crippen molar-refractivity contribution in [3.63, 3.8) is 0 Å². The average molecular weight is 459 g/mol. The maximum absolute atomic E-state index is 2.43. The Morgan fingerprint density at radius 2 is 0.879 bits per heavy atom. The van der Waals surface area contributed by atoms with Crippen LogP contribution in [-0.4, -0.2) is 0 Å². The van der Waals surface area contributed by atoms with E-state index in [2.05, 4.69) is 42.9 Å². The fourth-order valence-corrected chi connectivity index (χ4v) is 4.99. The molecule has 0 aromatic carbocycles. The van der Waals surface area contributed by atoms with Crippen LogP contribution in [0.3, 0.4) is 0 Å². The van der Waals surface area contributed by atoms with Crippen LogP contribution in [-0.2, 0) is 13.0 Å². The summed E-state index contributed by atoms with van der Waals surface area (Å²) in [7, 11) is 0. The van der Waals surface area contributed by atoms with E-state index in [-0.39, 0.29) is 0 Å². The highest BCUT2D eigenvalue weighted by Gasteiger charge is 2.03. The fraction of sp³-hybridized carbons (Fsp3) is 0.844. The molecular weight excluding hydrogens is 398 g/mol. The Morgan fingerprint density at radius 3 is 1.33 bits per heavy atom. The molecule has 192 valence electrons. The molecular formula is C32H60N+. The van der Waals surface area contributed by atoms with Crippen molar-refractivity contribution in [2.24, 2.45) is 0 Å². The Hall–Kier alpha value is -0.850. The molecule has 1 heteroatoms. The van der Waals surface area contributed by atoms with Gasteiger partial charge < -0.3 is 0 Å². The highest BCUT2D eigenvalue weighted by atomic mass is 14.9. The molecule has 0 amide bonds. The summed E-state index contributed by atoms with van der Waals surface area (Å²) in [6.45, 7) is 5.80. The second-order valence-electron chi connectivity index (χ2n) is 10.6. The first-order chi connectivity index (χ1) is 16.4. The molecule has 0 saturated carbocycles. The molecule has 0 saturated heterocycles. The summed E-state index contributed by atoms with van der Waals surface area (Å²) in [5, 5.41) is 0. The minimum atomic E-state index is 1.20. The summed E-state index contributed by atoms with van der Waals surface area (Å²) in [5.41, 5.74) is 1.53. The van der Waals surface area contributed by atoms with Gasteiger partial charge in [0, 0.05) is 18.1 Å². The molecule has 0 radical (unpaired) electrons. The van der Waals surface area contributed by atoms with Crippen LogP contribution in [0.1, 0.15) is 167 Å². The minimum Gasteiger partial charge on any atom is -0.205 e. The Labute approximate surface area is 209 Å². The highest BCUT2D eigenvalue weighted by Crippen LogP contribution is 2.13. The molecule has 1 aromatic heterocycles. The normalized spacial score (nSPS) is 11.3. The van der Waals surface area contributed by atoms with Gasteiger partial charge in [0.05, 0.1) is 0 Å². The topological polar surface area (TPSA) is 3.88 Å². The van der Waals surface area contributed by atoms with Gasteiger partial charge >= 0.3 is 0 Å². The highest BCUT2D eigenvalue weighted by molar-refractivity contribution is 5.05. The predicted molar refractivity (Wildman–Crippen MR) is 148 cm³/mol. The van der Waals surface area contributed by atoms with Crippen molar-refractivity contribution < 1.29 is 4.57 Å². The molecule has 0 aliphatic heterocycles. The van der Waals surface area contributed by atoms with E-state index in [1.807, 2.05) is 0 Å². The van der Waals surface area contributed by atoms with Gasteiger partial charge in [0.2, 0.25) is 0 Å². The van der Waals surface area contributed by atoms with E-state index in [9.17, 15) is 0 Å². The smallest absolute Gasteiger partial charge is 0.171 e. The summed E-state index contributed by atoms with van der Waals surface area (Å²) >= 11 is 0.